The molecule has 5 nitrogen and oxygen atoms in total. The highest BCUT2D eigenvalue weighted by Crippen LogP contribution is 2.12. The van der Waals surface area contributed by atoms with Gasteiger partial charge in [-0.25, -0.2) is 4.79 Å². The molecule has 0 fully saturated rings. The first kappa shape index (κ1) is 16.4. The Balaban J connectivity index is 1.76. The van der Waals surface area contributed by atoms with E-state index >= 15 is 0 Å². The van der Waals surface area contributed by atoms with E-state index in [9.17, 15) is 4.79 Å². The number of nitrogens with one attached hydrogen (secondary N) is 2. The molecule has 2 rings (SSSR count). The molecule has 0 aliphatic heterocycles. The van der Waals surface area contributed by atoms with E-state index in [-0.39, 0.29) is 6.03 Å². The normalized spacial score (nSPS) is 10.3. The molecule has 0 aliphatic rings. The number of methoxy groups -OCH3 is 2. The highest BCUT2D eigenvalue weighted by Gasteiger charge is 1.98. The highest BCUT2D eigenvalue weighted by molar-refractivity contribution is 5.75. The third-order valence-corrected chi connectivity index (χ3v) is 3.22. The molecule has 2 amide bonds. The number of carbonyl (C=O) groups excluding carboxylic acids is 1. The molecule has 2 aromatic carbocycles. The Labute approximate surface area is 135 Å². The number of urea groups is 1. The van der Waals surface area contributed by atoms with Crippen LogP contribution in [0.1, 0.15) is 11.1 Å². The van der Waals surface area contributed by atoms with E-state index in [1.807, 2.05) is 54.6 Å². The van der Waals surface area contributed by atoms with Gasteiger partial charge < -0.3 is 20.1 Å². The number of benzene rings is 2. The minimum absolute atomic E-state index is 0.259. The first-order chi connectivity index (χ1) is 11.2. The Kier molecular flexibility index (Phi) is 6.06. The lowest BCUT2D eigenvalue weighted by atomic mass is 10.2. The smallest absolute Gasteiger partial charge is 0.319 e. The number of hydrogen-bond acceptors (Lipinski definition) is 3. The fourth-order valence-corrected chi connectivity index (χ4v) is 1.91. The predicted octanol–water partition coefficient (Wildman–Crippen LogP) is 3.17. The predicted molar refractivity (Wildman–Crippen MR) is 90.4 cm³/mol. The third-order valence-electron chi connectivity index (χ3n) is 3.22. The molecular weight excluding hydrogens is 292 g/mol. The molecule has 5 heteroatoms. The lowest BCUT2D eigenvalue weighted by molar-refractivity contribution is 0.244. The van der Waals surface area contributed by atoms with Gasteiger partial charge in [-0.15, -0.1) is 0 Å². The second-order valence-corrected chi connectivity index (χ2v) is 4.78. The van der Waals surface area contributed by atoms with Crippen LogP contribution in [0.15, 0.2) is 54.7 Å². The zero-order valence-corrected chi connectivity index (χ0v) is 13.2. The molecule has 2 N–H and O–H groups in total. The highest BCUT2D eigenvalue weighted by atomic mass is 16.5. The summed E-state index contributed by atoms with van der Waals surface area (Å²) in [6.45, 7) is 0.451. The molecular formula is C18H20N2O3. The molecule has 0 saturated carbocycles. The maximum absolute atomic E-state index is 11.7. The lowest BCUT2D eigenvalue weighted by Crippen LogP contribution is -2.31. The Morgan fingerprint density at radius 3 is 2.09 bits per heavy atom. The quantitative estimate of drug-likeness (QED) is 0.861. The van der Waals surface area contributed by atoms with Gasteiger partial charge in [0.25, 0.3) is 0 Å². The molecule has 0 atom stereocenters. The van der Waals surface area contributed by atoms with Crippen molar-refractivity contribution in [3.05, 3.63) is 65.9 Å². The molecule has 23 heavy (non-hydrogen) atoms. The van der Waals surface area contributed by atoms with Gasteiger partial charge in [0, 0.05) is 12.7 Å². The van der Waals surface area contributed by atoms with Crippen LogP contribution in [0.25, 0.3) is 6.08 Å². The summed E-state index contributed by atoms with van der Waals surface area (Å²) in [5.41, 5.74) is 1.97. The first-order valence-corrected chi connectivity index (χ1v) is 7.19. The molecule has 0 aromatic heterocycles. The van der Waals surface area contributed by atoms with Crippen molar-refractivity contribution in [1.82, 2.24) is 10.6 Å². The summed E-state index contributed by atoms with van der Waals surface area (Å²) < 4.78 is 10.2. The van der Waals surface area contributed by atoms with Gasteiger partial charge >= 0.3 is 6.03 Å². The Morgan fingerprint density at radius 2 is 1.52 bits per heavy atom. The molecule has 0 saturated heterocycles. The summed E-state index contributed by atoms with van der Waals surface area (Å²) in [5.74, 6) is 1.59. The summed E-state index contributed by atoms with van der Waals surface area (Å²) >= 11 is 0. The van der Waals surface area contributed by atoms with Crippen molar-refractivity contribution < 1.29 is 14.3 Å². The van der Waals surface area contributed by atoms with Gasteiger partial charge in [0.05, 0.1) is 14.2 Å². The average molecular weight is 312 g/mol. The van der Waals surface area contributed by atoms with Gasteiger partial charge in [0.1, 0.15) is 11.5 Å². The number of carbonyl (C=O) groups is 1. The van der Waals surface area contributed by atoms with Crippen LogP contribution in [-0.4, -0.2) is 20.3 Å². The number of ether oxygens (including phenoxy) is 2. The van der Waals surface area contributed by atoms with Crippen LogP contribution in [0.3, 0.4) is 0 Å². The number of hydrogen-bond donors (Lipinski definition) is 2. The summed E-state index contributed by atoms with van der Waals surface area (Å²) in [5, 5.41) is 5.44. The fraction of sp³-hybridized carbons (Fsp3) is 0.167. The van der Waals surface area contributed by atoms with Crippen molar-refractivity contribution in [1.29, 1.82) is 0 Å². The van der Waals surface area contributed by atoms with E-state index in [4.69, 9.17) is 9.47 Å². The molecule has 0 heterocycles. The van der Waals surface area contributed by atoms with Crippen molar-refractivity contribution in [2.45, 2.75) is 6.54 Å². The van der Waals surface area contributed by atoms with Gasteiger partial charge in [-0.1, -0.05) is 24.3 Å². The molecule has 0 bridgehead atoms. The fourth-order valence-electron chi connectivity index (χ4n) is 1.91. The van der Waals surface area contributed by atoms with E-state index in [1.54, 1.807) is 20.4 Å². The topological polar surface area (TPSA) is 59.6 Å². The zero-order valence-electron chi connectivity index (χ0n) is 13.2. The number of rotatable bonds is 6. The van der Waals surface area contributed by atoms with Crippen molar-refractivity contribution in [3.63, 3.8) is 0 Å². The van der Waals surface area contributed by atoms with E-state index in [2.05, 4.69) is 10.6 Å². The van der Waals surface area contributed by atoms with Crippen LogP contribution >= 0.6 is 0 Å². The summed E-state index contributed by atoms with van der Waals surface area (Å²) in [6, 6.07) is 14.8. The van der Waals surface area contributed by atoms with Gasteiger partial charge in [-0.3, -0.25) is 0 Å². The van der Waals surface area contributed by atoms with E-state index in [0.29, 0.717) is 6.54 Å². The molecule has 2 aromatic rings. The maximum Gasteiger partial charge on any atom is 0.319 e. The SMILES string of the molecule is COc1ccc(/C=C/NC(=O)NCc2ccc(OC)cc2)cc1. The van der Waals surface area contributed by atoms with Gasteiger partial charge in [0.15, 0.2) is 0 Å². The lowest BCUT2D eigenvalue weighted by Gasteiger charge is -2.06. The standard InChI is InChI=1S/C18H20N2O3/c1-22-16-7-3-14(4-8-16)11-12-19-18(21)20-13-15-5-9-17(23-2)10-6-15/h3-12H,13H2,1-2H3,(H2,19,20,21)/b12-11+. The first-order valence-electron chi connectivity index (χ1n) is 7.19. The monoisotopic (exact) mass is 312 g/mol. The molecule has 0 spiro atoms. The summed E-state index contributed by atoms with van der Waals surface area (Å²) in [4.78, 5) is 11.7. The Bertz CT molecular complexity index is 649. The number of amides is 2. The van der Waals surface area contributed by atoms with Crippen molar-refractivity contribution >= 4 is 12.1 Å². The van der Waals surface area contributed by atoms with E-state index in [1.165, 1.54) is 0 Å². The van der Waals surface area contributed by atoms with Crippen LogP contribution in [0.2, 0.25) is 0 Å². The van der Waals surface area contributed by atoms with Gasteiger partial charge in [-0.2, -0.15) is 0 Å². The Hall–Kier alpha value is -2.95. The molecule has 0 radical (unpaired) electrons. The summed E-state index contributed by atoms with van der Waals surface area (Å²) in [7, 11) is 3.25. The van der Waals surface area contributed by atoms with Crippen LogP contribution < -0.4 is 20.1 Å². The van der Waals surface area contributed by atoms with Crippen LogP contribution in [0.5, 0.6) is 11.5 Å². The van der Waals surface area contributed by atoms with E-state index < -0.39 is 0 Å². The molecule has 0 aliphatic carbocycles. The van der Waals surface area contributed by atoms with Crippen LogP contribution in [-0.2, 0) is 6.54 Å². The summed E-state index contributed by atoms with van der Waals surface area (Å²) in [6.07, 6.45) is 3.41. The average Bonchev–Trinajstić information content (AvgIpc) is 2.61. The third kappa shape index (κ3) is 5.39. The molecule has 0 unspecified atom stereocenters. The van der Waals surface area contributed by atoms with Gasteiger partial charge in [0.2, 0.25) is 0 Å². The van der Waals surface area contributed by atoms with Crippen LogP contribution in [0, 0.1) is 0 Å². The largest absolute Gasteiger partial charge is 0.497 e. The van der Waals surface area contributed by atoms with Crippen molar-refractivity contribution in [3.8, 4) is 11.5 Å². The van der Waals surface area contributed by atoms with Crippen molar-refractivity contribution in [2.24, 2.45) is 0 Å². The van der Waals surface area contributed by atoms with E-state index in [0.717, 1.165) is 22.6 Å². The zero-order chi connectivity index (χ0) is 16.5. The minimum atomic E-state index is -0.259. The Morgan fingerprint density at radius 1 is 0.957 bits per heavy atom. The molecule has 120 valence electrons. The van der Waals surface area contributed by atoms with Crippen LogP contribution in [0.4, 0.5) is 4.79 Å². The minimum Gasteiger partial charge on any atom is -0.497 e. The van der Waals surface area contributed by atoms with Crippen molar-refractivity contribution in [2.75, 3.05) is 14.2 Å². The second kappa shape index (κ2) is 8.48. The maximum atomic E-state index is 11.7. The van der Waals surface area contributed by atoms with Gasteiger partial charge in [-0.05, 0) is 41.5 Å². The second-order valence-electron chi connectivity index (χ2n) is 4.78.